The fourth-order valence-corrected chi connectivity index (χ4v) is 5.17. The molecule has 3 fully saturated rings. The molecule has 2 heterocycles. The molecular weight excluding hydrogens is 368 g/mol. The molecule has 2 aliphatic heterocycles. The molecule has 3 rings (SSSR count). The van der Waals surface area contributed by atoms with Gasteiger partial charge in [-0.05, 0) is 25.7 Å². The minimum absolute atomic E-state index is 0.0687. The van der Waals surface area contributed by atoms with Gasteiger partial charge in [-0.3, -0.25) is 14.7 Å². The number of likely N-dealkylation sites (tertiary alicyclic amines) is 1. The Bertz CT molecular complexity index is 556. The van der Waals surface area contributed by atoms with Gasteiger partial charge in [0.2, 0.25) is 0 Å². The van der Waals surface area contributed by atoms with Crippen LogP contribution in [-0.4, -0.2) is 87.9 Å². The van der Waals surface area contributed by atoms with Crippen molar-refractivity contribution in [2.45, 2.75) is 46.0 Å². The van der Waals surface area contributed by atoms with E-state index in [2.05, 4.69) is 29.0 Å². The molecule has 0 spiro atoms. The van der Waals surface area contributed by atoms with Crippen LogP contribution in [0.4, 0.5) is 0 Å². The number of esters is 1. The Balaban J connectivity index is 1.70. The van der Waals surface area contributed by atoms with Crippen molar-refractivity contribution in [3.05, 3.63) is 0 Å². The monoisotopic (exact) mass is 408 g/mol. The first-order chi connectivity index (χ1) is 14.1. The molecule has 0 aromatic rings. The van der Waals surface area contributed by atoms with Crippen molar-refractivity contribution in [1.82, 2.24) is 15.1 Å². The zero-order valence-corrected chi connectivity index (χ0v) is 18.6. The number of hydrogen-bond acceptors (Lipinski definition) is 5. The van der Waals surface area contributed by atoms with Gasteiger partial charge in [0.1, 0.15) is 0 Å². The summed E-state index contributed by atoms with van der Waals surface area (Å²) in [7, 11) is 1.48. The van der Waals surface area contributed by atoms with Crippen molar-refractivity contribution in [2.24, 2.45) is 22.2 Å². The summed E-state index contributed by atoms with van der Waals surface area (Å²) in [6, 6.07) is 0. The molecule has 166 valence electrons. The van der Waals surface area contributed by atoms with Crippen LogP contribution in [0.1, 0.15) is 46.0 Å². The van der Waals surface area contributed by atoms with Crippen LogP contribution in [0.15, 0.2) is 4.99 Å². The van der Waals surface area contributed by atoms with Crippen LogP contribution in [-0.2, 0) is 14.3 Å². The normalized spacial score (nSPS) is 28.4. The molecular formula is C22H40N4O3. The summed E-state index contributed by atoms with van der Waals surface area (Å²) in [5, 5.41) is 3.47. The highest BCUT2D eigenvalue weighted by molar-refractivity contribution is 5.82. The van der Waals surface area contributed by atoms with Crippen LogP contribution in [0.3, 0.4) is 0 Å². The Labute approximate surface area is 176 Å². The summed E-state index contributed by atoms with van der Waals surface area (Å²) in [4.78, 5) is 22.1. The maximum absolute atomic E-state index is 12.1. The van der Waals surface area contributed by atoms with Crippen molar-refractivity contribution in [1.29, 1.82) is 0 Å². The average Bonchev–Trinajstić information content (AvgIpc) is 3.13. The minimum Gasteiger partial charge on any atom is -0.469 e. The molecule has 7 nitrogen and oxygen atoms in total. The molecule has 0 radical (unpaired) electrons. The Morgan fingerprint density at radius 2 is 1.93 bits per heavy atom. The minimum atomic E-state index is -0.105. The Morgan fingerprint density at radius 3 is 2.59 bits per heavy atom. The third kappa shape index (κ3) is 5.85. The number of carbonyl (C=O) groups is 1. The largest absolute Gasteiger partial charge is 0.469 e. The molecule has 1 aliphatic carbocycles. The average molecular weight is 409 g/mol. The van der Waals surface area contributed by atoms with Gasteiger partial charge in [0, 0.05) is 51.2 Å². The lowest BCUT2D eigenvalue weighted by Gasteiger charge is -2.41. The van der Waals surface area contributed by atoms with Gasteiger partial charge in [-0.1, -0.05) is 26.2 Å². The van der Waals surface area contributed by atoms with E-state index in [1.54, 1.807) is 0 Å². The molecule has 0 aromatic heterocycles. The summed E-state index contributed by atoms with van der Waals surface area (Å²) in [5.74, 6) is 1.06. The van der Waals surface area contributed by atoms with Gasteiger partial charge in [-0.25, -0.2) is 0 Å². The third-order valence-electron chi connectivity index (χ3n) is 6.89. The highest BCUT2D eigenvalue weighted by Gasteiger charge is 2.38. The van der Waals surface area contributed by atoms with Gasteiger partial charge in [0.25, 0.3) is 0 Å². The van der Waals surface area contributed by atoms with Crippen LogP contribution in [0, 0.1) is 17.3 Å². The topological polar surface area (TPSA) is 66.4 Å². The number of nitrogens with one attached hydrogen (secondary N) is 1. The molecule has 0 bridgehead atoms. The predicted octanol–water partition coefficient (Wildman–Crippen LogP) is 1.98. The van der Waals surface area contributed by atoms with Crippen molar-refractivity contribution in [3.8, 4) is 0 Å². The number of nitrogens with zero attached hydrogens (tertiary/aromatic N) is 3. The lowest BCUT2D eigenvalue weighted by Crippen LogP contribution is -2.47. The fraction of sp³-hybridized carbons (Fsp3) is 0.909. The number of ether oxygens (including phenoxy) is 2. The van der Waals surface area contributed by atoms with Gasteiger partial charge in [0.05, 0.1) is 26.2 Å². The number of morpholine rings is 1. The van der Waals surface area contributed by atoms with Crippen molar-refractivity contribution >= 4 is 11.9 Å². The maximum Gasteiger partial charge on any atom is 0.310 e. The lowest BCUT2D eigenvalue weighted by molar-refractivity contribution is -0.145. The second kappa shape index (κ2) is 10.6. The van der Waals surface area contributed by atoms with E-state index in [0.29, 0.717) is 6.54 Å². The van der Waals surface area contributed by atoms with Gasteiger partial charge in [-0.2, -0.15) is 0 Å². The Hall–Kier alpha value is -1.34. The SMILES string of the molecule is CCNC(=NCC1(CN2CCOCC2)CCCCC1)N1CC(C)C(C(=O)OC)C1. The second-order valence-corrected chi connectivity index (χ2v) is 9.13. The molecule has 29 heavy (non-hydrogen) atoms. The Kier molecular flexibility index (Phi) is 8.18. The second-order valence-electron chi connectivity index (χ2n) is 9.13. The number of methoxy groups -OCH3 is 1. The zero-order chi connectivity index (χ0) is 20.7. The summed E-state index contributed by atoms with van der Waals surface area (Å²) in [6.07, 6.45) is 6.48. The number of carbonyl (C=O) groups excluding carboxylic acids is 1. The van der Waals surface area contributed by atoms with Crippen LogP contribution < -0.4 is 5.32 Å². The quantitative estimate of drug-likeness (QED) is 0.412. The van der Waals surface area contributed by atoms with Gasteiger partial charge in [-0.15, -0.1) is 0 Å². The standard InChI is InChI=1S/C22H40N4O3/c1-4-23-21(26-14-18(2)19(15-26)20(27)28-3)24-16-22(8-6-5-7-9-22)17-25-10-12-29-13-11-25/h18-19H,4-17H2,1-3H3,(H,23,24). The van der Waals surface area contributed by atoms with E-state index >= 15 is 0 Å². The number of hydrogen-bond donors (Lipinski definition) is 1. The molecule has 0 amide bonds. The van der Waals surface area contributed by atoms with E-state index in [4.69, 9.17) is 14.5 Å². The van der Waals surface area contributed by atoms with Gasteiger partial charge >= 0.3 is 5.97 Å². The van der Waals surface area contributed by atoms with Crippen molar-refractivity contribution in [2.75, 3.05) is 66.1 Å². The first kappa shape index (κ1) is 22.3. The maximum atomic E-state index is 12.1. The summed E-state index contributed by atoms with van der Waals surface area (Å²) in [6.45, 7) is 12.4. The molecule has 2 unspecified atom stereocenters. The van der Waals surface area contributed by atoms with E-state index in [9.17, 15) is 4.79 Å². The zero-order valence-electron chi connectivity index (χ0n) is 18.6. The smallest absolute Gasteiger partial charge is 0.310 e. The van der Waals surface area contributed by atoms with Crippen LogP contribution in [0.2, 0.25) is 0 Å². The number of rotatable bonds is 6. The molecule has 3 aliphatic rings. The van der Waals surface area contributed by atoms with Crippen LogP contribution in [0.25, 0.3) is 0 Å². The van der Waals surface area contributed by atoms with E-state index < -0.39 is 0 Å². The molecule has 7 heteroatoms. The first-order valence-corrected chi connectivity index (χ1v) is 11.5. The number of aliphatic imine (C=N–C) groups is 1. The van der Waals surface area contributed by atoms with E-state index in [-0.39, 0.29) is 23.2 Å². The number of guanidine groups is 1. The fourth-order valence-electron chi connectivity index (χ4n) is 5.17. The van der Waals surface area contributed by atoms with Gasteiger partial charge < -0.3 is 19.7 Å². The van der Waals surface area contributed by atoms with Crippen LogP contribution in [0.5, 0.6) is 0 Å². The first-order valence-electron chi connectivity index (χ1n) is 11.5. The summed E-state index contributed by atoms with van der Waals surface area (Å²) < 4.78 is 10.6. The predicted molar refractivity (Wildman–Crippen MR) is 115 cm³/mol. The molecule has 1 saturated carbocycles. The summed E-state index contributed by atoms with van der Waals surface area (Å²) >= 11 is 0. The molecule has 1 N–H and O–H groups in total. The lowest BCUT2D eigenvalue weighted by atomic mass is 9.73. The third-order valence-corrected chi connectivity index (χ3v) is 6.89. The van der Waals surface area contributed by atoms with Gasteiger partial charge in [0.15, 0.2) is 5.96 Å². The molecule has 2 atom stereocenters. The highest BCUT2D eigenvalue weighted by atomic mass is 16.5. The van der Waals surface area contributed by atoms with E-state index in [1.807, 2.05) is 0 Å². The summed E-state index contributed by atoms with van der Waals surface area (Å²) in [5.41, 5.74) is 0.267. The van der Waals surface area contributed by atoms with Crippen LogP contribution >= 0.6 is 0 Å². The van der Waals surface area contributed by atoms with Crippen molar-refractivity contribution in [3.63, 3.8) is 0 Å². The van der Waals surface area contributed by atoms with E-state index in [0.717, 1.165) is 58.4 Å². The van der Waals surface area contributed by atoms with Crippen molar-refractivity contribution < 1.29 is 14.3 Å². The van der Waals surface area contributed by atoms with E-state index in [1.165, 1.54) is 39.2 Å². The Morgan fingerprint density at radius 1 is 1.21 bits per heavy atom. The highest BCUT2D eigenvalue weighted by Crippen LogP contribution is 2.38. The molecule has 0 aromatic carbocycles. The molecule has 2 saturated heterocycles.